The number of nitrogens with zero attached hydrogens (tertiary/aromatic N) is 2. The van der Waals surface area contributed by atoms with E-state index in [4.69, 9.17) is 16.3 Å². The summed E-state index contributed by atoms with van der Waals surface area (Å²) >= 11 is 0. The van der Waals surface area contributed by atoms with Crippen LogP contribution in [-0.4, -0.2) is 31.9 Å². The highest BCUT2D eigenvalue weighted by Crippen LogP contribution is 2.51. The fraction of sp³-hybridized carbons (Fsp3) is 0.433. The Balaban J connectivity index is 1.65. The molecule has 1 atom stereocenters. The molecule has 8 N–H and O–H groups in total. The highest BCUT2D eigenvalue weighted by Gasteiger charge is 2.40. The first-order chi connectivity index (χ1) is 19.4. The topological polar surface area (TPSA) is 163 Å². The largest absolute Gasteiger partial charge is 0.492 e. The Hall–Kier alpha value is -3.74. The monoisotopic (exact) mass is 598 g/mol. The number of aliphatic hydroxyl groups excluding tert-OH is 1. The van der Waals surface area contributed by atoms with Crippen molar-refractivity contribution < 1.29 is 22.8 Å². The molecule has 1 saturated carbocycles. The highest BCUT2D eigenvalue weighted by atomic mass is 32.2. The number of sulfonamides is 1. The number of ether oxygens (including phenoxy) is 1. The van der Waals surface area contributed by atoms with Crippen LogP contribution in [-0.2, 0) is 27.9 Å². The Kier molecular flexibility index (Phi) is 8.29. The lowest BCUT2D eigenvalue weighted by molar-refractivity contribution is -0.683. The van der Waals surface area contributed by atoms with Crippen LogP contribution in [0.15, 0.2) is 42.7 Å². The fourth-order valence-electron chi connectivity index (χ4n) is 5.09. The van der Waals surface area contributed by atoms with E-state index in [1.165, 1.54) is 12.1 Å². The summed E-state index contributed by atoms with van der Waals surface area (Å²) in [7, 11) is -0.158. The molecule has 228 valence electrons. The molecule has 4 rings (SSSR count). The minimum atomic E-state index is -3.57. The predicted octanol–water partition coefficient (Wildman–Crippen LogP) is 3.62. The minimum Gasteiger partial charge on any atom is -0.492 e. The average Bonchev–Trinajstić information content (AvgIpc) is 3.50. The van der Waals surface area contributed by atoms with Gasteiger partial charge in [0.25, 0.3) is 5.82 Å². The van der Waals surface area contributed by atoms with E-state index in [-0.39, 0.29) is 16.6 Å². The molecule has 0 radical (unpaired) electrons. The van der Waals surface area contributed by atoms with Crippen LogP contribution in [0.2, 0.25) is 0 Å². The number of hydrazine groups is 1. The Morgan fingerprint density at radius 1 is 1.24 bits per heavy atom. The molecule has 2 aromatic carbocycles. The molecule has 1 heterocycles. The molecule has 1 aliphatic rings. The summed E-state index contributed by atoms with van der Waals surface area (Å²) in [5, 5.41) is 15.8. The van der Waals surface area contributed by atoms with Crippen LogP contribution < -0.4 is 35.9 Å². The number of nitrogens with two attached hydrogens (primary N) is 2. The van der Waals surface area contributed by atoms with Crippen molar-refractivity contribution in [1.82, 2.24) is 4.98 Å². The third kappa shape index (κ3) is 6.66. The number of aryl methyl sites for hydroxylation is 1. The summed E-state index contributed by atoms with van der Waals surface area (Å²) < 4.78 is 34.3. The van der Waals surface area contributed by atoms with Crippen LogP contribution in [0.5, 0.6) is 5.75 Å². The maximum atomic E-state index is 12.1. The number of rotatable bonds is 10. The third-order valence-corrected chi connectivity index (χ3v) is 8.32. The second-order valence-corrected chi connectivity index (χ2v) is 14.2. The summed E-state index contributed by atoms with van der Waals surface area (Å²) in [6.07, 6.45) is 5.41. The van der Waals surface area contributed by atoms with Gasteiger partial charge in [0.2, 0.25) is 10.0 Å². The number of H-pyrrole nitrogens is 1. The van der Waals surface area contributed by atoms with Crippen LogP contribution in [0.4, 0.5) is 17.1 Å². The number of benzene rings is 2. The van der Waals surface area contributed by atoms with Gasteiger partial charge in [-0.05, 0) is 75.3 Å². The van der Waals surface area contributed by atoms with Crippen molar-refractivity contribution in [2.24, 2.45) is 18.6 Å². The molecule has 1 aliphatic carbocycles. The number of aliphatic hydroxyl groups is 1. The van der Waals surface area contributed by atoms with Gasteiger partial charge in [0.15, 0.2) is 17.7 Å². The van der Waals surface area contributed by atoms with Crippen LogP contribution in [0.3, 0.4) is 0 Å². The molecule has 0 saturated heterocycles. The highest BCUT2D eigenvalue weighted by molar-refractivity contribution is 7.92. The van der Waals surface area contributed by atoms with E-state index in [9.17, 15) is 13.5 Å². The number of aromatic amines is 1. The number of hydrogen-bond donors (Lipinski definition) is 6. The number of nitrogens with one attached hydrogen (secondary N) is 3. The summed E-state index contributed by atoms with van der Waals surface area (Å²) in [5.74, 6) is 7.77. The molecule has 1 aromatic heterocycles. The van der Waals surface area contributed by atoms with Crippen molar-refractivity contribution in [2.75, 3.05) is 28.4 Å². The van der Waals surface area contributed by atoms with Crippen LogP contribution in [0.1, 0.15) is 75.0 Å². The Morgan fingerprint density at radius 3 is 2.43 bits per heavy atom. The number of hydrogen-bond acceptors (Lipinski definition) is 8. The first-order valence-corrected chi connectivity index (χ1v) is 15.7. The van der Waals surface area contributed by atoms with E-state index in [2.05, 4.69) is 42.7 Å². The van der Waals surface area contributed by atoms with Crippen LogP contribution in [0, 0.1) is 6.92 Å². The third-order valence-electron chi connectivity index (χ3n) is 7.73. The van der Waals surface area contributed by atoms with E-state index in [1.807, 2.05) is 36.9 Å². The van der Waals surface area contributed by atoms with Gasteiger partial charge in [0.1, 0.15) is 11.9 Å². The normalized spacial score (nSPS) is 15.7. The zero-order valence-electron chi connectivity index (χ0n) is 25.7. The summed E-state index contributed by atoms with van der Waals surface area (Å²) in [4.78, 5) is 3.30. The van der Waals surface area contributed by atoms with Gasteiger partial charge in [0, 0.05) is 11.8 Å². The second kappa shape index (κ2) is 11.2. The molecule has 0 aliphatic heterocycles. The molecule has 3 aromatic rings. The van der Waals surface area contributed by atoms with Crippen LogP contribution >= 0.6 is 0 Å². The van der Waals surface area contributed by atoms with Gasteiger partial charge in [-0.2, -0.15) is 0 Å². The lowest BCUT2D eigenvalue weighted by atomic mass is 9.96. The van der Waals surface area contributed by atoms with E-state index in [0.717, 1.165) is 41.7 Å². The van der Waals surface area contributed by atoms with Crippen molar-refractivity contribution in [3.8, 4) is 5.75 Å². The zero-order valence-corrected chi connectivity index (χ0v) is 26.5. The standard InChI is InChI=1S/C30H43N7O4S/c1-18-9-10-19(13-24(18)37(32)17-21(31)25-16-33-28(36(25)6)29(2,3)4)27(38)34-22-14-20(30(5)11-12-30)15-23(26(22)41-7)35-42(8,39)40/h9-10,13-17,27,34-35,38H,11-12,31-32H2,1-8H3/p+1/b21-17-. The summed E-state index contributed by atoms with van der Waals surface area (Å²) in [6, 6.07) is 9.14. The Labute approximate surface area is 248 Å². The van der Waals surface area contributed by atoms with Gasteiger partial charge in [-0.15, -0.1) is 0 Å². The lowest BCUT2D eigenvalue weighted by Gasteiger charge is -2.23. The van der Waals surface area contributed by atoms with Gasteiger partial charge in [-0.3, -0.25) is 9.73 Å². The van der Waals surface area contributed by atoms with Gasteiger partial charge in [-0.25, -0.2) is 23.8 Å². The minimum absolute atomic E-state index is 0.0608. The van der Waals surface area contributed by atoms with Gasteiger partial charge in [-0.1, -0.05) is 19.1 Å². The second-order valence-electron chi connectivity index (χ2n) is 12.5. The molecular formula is C30H44N7O4S+. The molecule has 12 heteroatoms. The molecule has 42 heavy (non-hydrogen) atoms. The van der Waals surface area contributed by atoms with Crippen molar-refractivity contribution in [3.05, 3.63) is 70.9 Å². The Bertz CT molecular complexity index is 1620. The molecular weight excluding hydrogens is 554 g/mol. The molecule has 0 amide bonds. The molecule has 1 fully saturated rings. The van der Waals surface area contributed by atoms with Crippen molar-refractivity contribution in [2.45, 2.75) is 64.5 Å². The Morgan fingerprint density at radius 2 is 1.88 bits per heavy atom. The summed E-state index contributed by atoms with van der Waals surface area (Å²) in [5.41, 5.74) is 11.4. The van der Waals surface area contributed by atoms with E-state index >= 15 is 0 Å². The molecule has 0 spiro atoms. The van der Waals surface area contributed by atoms with Gasteiger partial charge < -0.3 is 20.9 Å². The maximum absolute atomic E-state index is 12.1. The number of methoxy groups -OCH3 is 1. The van der Waals surface area contributed by atoms with E-state index in [0.29, 0.717) is 28.3 Å². The van der Waals surface area contributed by atoms with Gasteiger partial charge >= 0.3 is 0 Å². The first-order valence-electron chi connectivity index (χ1n) is 13.8. The van der Waals surface area contributed by atoms with Crippen molar-refractivity contribution >= 4 is 32.8 Å². The van der Waals surface area contributed by atoms with E-state index < -0.39 is 16.3 Å². The van der Waals surface area contributed by atoms with Crippen molar-refractivity contribution in [1.29, 1.82) is 0 Å². The number of aromatic nitrogens is 2. The molecule has 0 bridgehead atoms. The molecule has 1 unspecified atom stereocenters. The zero-order chi connectivity index (χ0) is 31.2. The van der Waals surface area contributed by atoms with Crippen molar-refractivity contribution in [3.63, 3.8) is 0 Å². The number of anilines is 3. The van der Waals surface area contributed by atoms with Gasteiger partial charge in [0.05, 0.1) is 42.9 Å². The smallest absolute Gasteiger partial charge is 0.259 e. The van der Waals surface area contributed by atoms with Crippen LogP contribution in [0.25, 0.3) is 5.70 Å². The predicted molar refractivity (Wildman–Crippen MR) is 167 cm³/mol. The average molecular weight is 599 g/mol. The first kappa shape index (κ1) is 31.2. The van der Waals surface area contributed by atoms with E-state index in [1.54, 1.807) is 24.4 Å². The maximum Gasteiger partial charge on any atom is 0.259 e. The number of imidazole rings is 1. The quantitative estimate of drug-likeness (QED) is 0.0892. The summed E-state index contributed by atoms with van der Waals surface area (Å²) in [6.45, 7) is 10.4. The lowest BCUT2D eigenvalue weighted by Crippen LogP contribution is -2.41. The fourth-order valence-corrected chi connectivity index (χ4v) is 5.65. The molecule has 11 nitrogen and oxygen atoms in total. The SMILES string of the molecule is COc1c(NC(O)c2ccc(C)c(N(N)/C=C(\N)c3c[nH]c(C(C)(C)C)[n+]3C)c2)cc(C2(C)CC2)cc1NS(C)(=O)=O.